The van der Waals surface area contributed by atoms with Crippen LogP contribution < -0.4 is 0 Å². The molecule has 0 unspecified atom stereocenters. The summed E-state index contributed by atoms with van der Waals surface area (Å²) >= 11 is 0. The molecule has 2 nitrogen and oxygen atoms in total. The molecular formula is C14H21NO. The van der Waals surface area contributed by atoms with Gasteiger partial charge >= 0.3 is 0 Å². The summed E-state index contributed by atoms with van der Waals surface area (Å²) in [5.41, 5.74) is 1.20. The zero-order valence-electron chi connectivity index (χ0n) is 10.3. The Hall–Kier alpha value is -1.18. The highest BCUT2D eigenvalue weighted by Crippen LogP contribution is 2.09. The van der Waals surface area contributed by atoms with Crippen LogP contribution in [0.15, 0.2) is 24.5 Å². The summed E-state index contributed by atoms with van der Waals surface area (Å²) in [6.07, 6.45) is 8.00. The standard InChI is InChI=1S/C14H21NO/c1-12(2)4-3-5-14(16)7-6-13-8-10-15-11-9-13/h8-12H,3-7H2,1-2H3. The third-order valence-corrected chi connectivity index (χ3v) is 2.68. The average molecular weight is 219 g/mol. The summed E-state index contributed by atoms with van der Waals surface area (Å²) in [5.74, 6) is 1.09. The molecule has 1 aromatic rings. The Kier molecular flexibility index (Phi) is 5.76. The van der Waals surface area contributed by atoms with E-state index in [4.69, 9.17) is 0 Å². The van der Waals surface area contributed by atoms with Crippen molar-refractivity contribution in [3.8, 4) is 0 Å². The molecule has 0 saturated carbocycles. The van der Waals surface area contributed by atoms with Gasteiger partial charge in [0.1, 0.15) is 5.78 Å². The lowest BCUT2D eigenvalue weighted by atomic mass is 10.0. The van der Waals surface area contributed by atoms with Gasteiger partial charge in [-0.15, -0.1) is 0 Å². The van der Waals surface area contributed by atoms with Gasteiger partial charge in [-0.3, -0.25) is 9.78 Å². The zero-order chi connectivity index (χ0) is 11.8. The number of aryl methyl sites for hydroxylation is 1. The van der Waals surface area contributed by atoms with Crippen molar-refractivity contribution < 1.29 is 4.79 Å². The van der Waals surface area contributed by atoms with Crippen LogP contribution in [0.25, 0.3) is 0 Å². The van der Waals surface area contributed by atoms with Crippen LogP contribution in [0.1, 0.15) is 45.1 Å². The van der Waals surface area contributed by atoms with Crippen molar-refractivity contribution in [1.82, 2.24) is 4.98 Å². The Morgan fingerprint density at radius 1 is 1.25 bits per heavy atom. The molecule has 1 rings (SSSR count). The molecule has 0 atom stereocenters. The maximum Gasteiger partial charge on any atom is 0.133 e. The highest BCUT2D eigenvalue weighted by Gasteiger charge is 2.03. The number of carbonyl (C=O) groups is 1. The maximum absolute atomic E-state index is 11.6. The number of ketones is 1. The van der Waals surface area contributed by atoms with Crippen molar-refractivity contribution in [3.05, 3.63) is 30.1 Å². The van der Waals surface area contributed by atoms with Gasteiger partial charge in [0.15, 0.2) is 0 Å². The molecule has 16 heavy (non-hydrogen) atoms. The number of hydrogen-bond acceptors (Lipinski definition) is 2. The van der Waals surface area contributed by atoms with E-state index in [1.807, 2.05) is 12.1 Å². The third kappa shape index (κ3) is 5.64. The molecule has 0 aliphatic heterocycles. The predicted octanol–water partition coefficient (Wildman–Crippen LogP) is 3.41. The minimum atomic E-state index is 0.387. The number of Topliss-reactive ketones (excluding diaryl/α,β-unsaturated/α-hetero) is 1. The Morgan fingerprint density at radius 3 is 2.56 bits per heavy atom. The molecule has 0 aliphatic rings. The average Bonchev–Trinajstić information content (AvgIpc) is 2.27. The van der Waals surface area contributed by atoms with Crippen molar-refractivity contribution in [3.63, 3.8) is 0 Å². The number of aromatic nitrogens is 1. The molecule has 0 spiro atoms. The Bertz CT molecular complexity index is 306. The third-order valence-electron chi connectivity index (χ3n) is 2.68. The number of carbonyl (C=O) groups excluding carboxylic acids is 1. The van der Waals surface area contributed by atoms with E-state index >= 15 is 0 Å². The van der Waals surface area contributed by atoms with Crippen LogP contribution in [0, 0.1) is 5.92 Å². The quantitative estimate of drug-likeness (QED) is 0.703. The van der Waals surface area contributed by atoms with Crippen LogP contribution in [0.5, 0.6) is 0 Å². The highest BCUT2D eigenvalue weighted by molar-refractivity contribution is 5.78. The molecule has 0 N–H and O–H groups in total. The maximum atomic E-state index is 11.6. The van der Waals surface area contributed by atoms with Crippen LogP contribution in [0.3, 0.4) is 0 Å². The molecule has 0 fully saturated rings. The lowest BCUT2D eigenvalue weighted by Crippen LogP contribution is -2.01. The van der Waals surface area contributed by atoms with Crippen LogP contribution in [-0.2, 0) is 11.2 Å². The summed E-state index contributed by atoms with van der Waals surface area (Å²) in [6, 6.07) is 3.95. The van der Waals surface area contributed by atoms with E-state index in [1.54, 1.807) is 12.4 Å². The lowest BCUT2D eigenvalue weighted by molar-refractivity contribution is -0.119. The van der Waals surface area contributed by atoms with E-state index in [2.05, 4.69) is 18.8 Å². The number of rotatable bonds is 7. The number of pyridine rings is 1. The molecule has 0 bridgehead atoms. The van der Waals surface area contributed by atoms with Crippen molar-refractivity contribution in [2.24, 2.45) is 5.92 Å². The first-order chi connectivity index (χ1) is 7.68. The number of nitrogens with zero attached hydrogens (tertiary/aromatic N) is 1. The summed E-state index contributed by atoms with van der Waals surface area (Å²) in [7, 11) is 0. The van der Waals surface area contributed by atoms with E-state index in [0.717, 1.165) is 25.7 Å². The summed E-state index contributed by atoms with van der Waals surface area (Å²) < 4.78 is 0. The first kappa shape index (κ1) is 12.9. The topological polar surface area (TPSA) is 30.0 Å². The van der Waals surface area contributed by atoms with E-state index in [1.165, 1.54) is 5.56 Å². The van der Waals surface area contributed by atoms with E-state index in [-0.39, 0.29) is 0 Å². The molecule has 0 amide bonds. The summed E-state index contributed by atoms with van der Waals surface area (Å²) in [4.78, 5) is 15.5. The van der Waals surface area contributed by atoms with Crippen molar-refractivity contribution in [1.29, 1.82) is 0 Å². The molecule has 2 heteroatoms. The van der Waals surface area contributed by atoms with Crippen molar-refractivity contribution in [2.75, 3.05) is 0 Å². The molecule has 1 heterocycles. The fourth-order valence-corrected chi connectivity index (χ4v) is 1.67. The van der Waals surface area contributed by atoms with E-state index in [9.17, 15) is 4.79 Å². The molecular weight excluding hydrogens is 198 g/mol. The molecule has 88 valence electrons. The van der Waals surface area contributed by atoms with Crippen molar-refractivity contribution >= 4 is 5.78 Å². The molecule has 0 aliphatic carbocycles. The Labute approximate surface area is 98.1 Å². The normalized spacial score (nSPS) is 10.7. The lowest BCUT2D eigenvalue weighted by Gasteiger charge is -2.04. The van der Waals surface area contributed by atoms with E-state index < -0.39 is 0 Å². The smallest absolute Gasteiger partial charge is 0.133 e. The van der Waals surface area contributed by atoms with Gasteiger partial charge < -0.3 is 0 Å². The molecule has 1 aromatic heterocycles. The second-order valence-electron chi connectivity index (χ2n) is 4.68. The van der Waals surface area contributed by atoms with Gasteiger partial charge in [0.05, 0.1) is 0 Å². The SMILES string of the molecule is CC(C)CCCC(=O)CCc1ccncc1. The molecule has 0 aromatic carbocycles. The Balaban J connectivity index is 2.16. The molecule has 0 saturated heterocycles. The summed E-state index contributed by atoms with van der Waals surface area (Å²) in [6.45, 7) is 4.39. The monoisotopic (exact) mass is 219 g/mol. The fraction of sp³-hybridized carbons (Fsp3) is 0.571. The van der Waals surface area contributed by atoms with Crippen LogP contribution in [0.2, 0.25) is 0 Å². The van der Waals surface area contributed by atoms with Gasteiger partial charge in [-0.25, -0.2) is 0 Å². The molecule has 0 radical (unpaired) electrons. The van der Waals surface area contributed by atoms with Gasteiger partial charge in [-0.2, -0.15) is 0 Å². The Morgan fingerprint density at radius 2 is 1.94 bits per heavy atom. The second kappa shape index (κ2) is 7.15. The van der Waals surface area contributed by atoms with Crippen LogP contribution in [-0.4, -0.2) is 10.8 Å². The predicted molar refractivity (Wildman–Crippen MR) is 66.3 cm³/mol. The van der Waals surface area contributed by atoms with Crippen LogP contribution >= 0.6 is 0 Å². The minimum Gasteiger partial charge on any atom is -0.300 e. The fourth-order valence-electron chi connectivity index (χ4n) is 1.67. The van der Waals surface area contributed by atoms with Gasteiger partial charge in [-0.05, 0) is 36.5 Å². The highest BCUT2D eigenvalue weighted by atomic mass is 16.1. The number of hydrogen-bond donors (Lipinski definition) is 0. The van der Waals surface area contributed by atoms with Gasteiger partial charge in [-0.1, -0.05) is 20.3 Å². The first-order valence-electron chi connectivity index (χ1n) is 6.09. The zero-order valence-corrected chi connectivity index (χ0v) is 10.3. The van der Waals surface area contributed by atoms with Gasteiger partial charge in [0.2, 0.25) is 0 Å². The largest absolute Gasteiger partial charge is 0.300 e. The van der Waals surface area contributed by atoms with Gasteiger partial charge in [0, 0.05) is 25.2 Å². The van der Waals surface area contributed by atoms with Crippen LogP contribution in [0.4, 0.5) is 0 Å². The second-order valence-corrected chi connectivity index (χ2v) is 4.68. The first-order valence-corrected chi connectivity index (χ1v) is 6.09. The minimum absolute atomic E-state index is 0.387. The van der Waals surface area contributed by atoms with E-state index in [0.29, 0.717) is 18.1 Å². The van der Waals surface area contributed by atoms with Crippen molar-refractivity contribution in [2.45, 2.75) is 46.0 Å². The van der Waals surface area contributed by atoms with Gasteiger partial charge in [0.25, 0.3) is 0 Å². The summed E-state index contributed by atoms with van der Waals surface area (Å²) in [5, 5.41) is 0.